The van der Waals surface area contributed by atoms with E-state index in [1.165, 1.54) is 0 Å². The normalized spacial score (nSPS) is 11.4. The minimum Gasteiger partial charge on any atom is -0.490 e. The summed E-state index contributed by atoms with van der Waals surface area (Å²) in [5.74, 6) is 0.824. The third kappa shape index (κ3) is 4.90. The van der Waals surface area contributed by atoms with Crippen molar-refractivity contribution in [1.82, 2.24) is 0 Å². The van der Waals surface area contributed by atoms with Crippen molar-refractivity contribution >= 4 is 23.1 Å². The Bertz CT molecular complexity index is 531. The Labute approximate surface area is 124 Å². The van der Waals surface area contributed by atoms with Crippen molar-refractivity contribution in [2.75, 3.05) is 11.9 Å². The van der Waals surface area contributed by atoms with Crippen molar-refractivity contribution in [3.63, 3.8) is 0 Å². The molecule has 20 heavy (non-hydrogen) atoms. The van der Waals surface area contributed by atoms with Crippen LogP contribution in [-0.4, -0.2) is 17.9 Å². The minimum atomic E-state index is -0.126. The molecule has 1 N–H and O–H groups in total. The molecule has 0 radical (unpaired) electrons. The van der Waals surface area contributed by atoms with Gasteiger partial charge in [0.05, 0.1) is 0 Å². The maximum Gasteiger partial charge on any atom is 0.261 e. The number of thiocarbonyl (C=S) groups is 1. The summed E-state index contributed by atoms with van der Waals surface area (Å²) in [5.41, 5.74) is 0.911. The Balaban J connectivity index is 1.74. The quantitative estimate of drug-likeness (QED) is 0.846. The minimum absolute atomic E-state index is 0.126. The van der Waals surface area contributed by atoms with E-state index in [-0.39, 0.29) is 6.10 Å². The fraction of sp³-hybridized carbons (Fsp3) is 0.188. The smallest absolute Gasteiger partial charge is 0.261 e. The zero-order valence-electron chi connectivity index (χ0n) is 11.3. The summed E-state index contributed by atoms with van der Waals surface area (Å²) < 4.78 is 11.2. The topological polar surface area (TPSA) is 30.5 Å². The number of ether oxygens (including phenoxy) is 2. The highest BCUT2D eigenvalue weighted by Crippen LogP contribution is 2.10. The molecule has 0 saturated heterocycles. The van der Waals surface area contributed by atoms with Crippen molar-refractivity contribution in [2.24, 2.45) is 0 Å². The standard InChI is InChI=1S/C16H17NO2S/c1-13(12-18-15-10-6-3-7-11-15)19-16(20)17-14-8-4-2-5-9-14/h2-11,13H,12H2,1H3,(H,17,20). The molecule has 4 heteroatoms. The van der Waals surface area contributed by atoms with Gasteiger partial charge in [-0.05, 0) is 43.4 Å². The van der Waals surface area contributed by atoms with Gasteiger partial charge in [-0.1, -0.05) is 36.4 Å². The second kappa shape index (κ2) is 7.50. The summed E-state index contributed by atoms with van der Waals surface area (Å²) in [4.78, 5) is 0. The number of benzene rings is 2. The summed E-state index contributed by atoms with van der Waals surface area (Å²) >= 11 is 5.15. The van der Waals surface area contributed by atoms with Crippen molar-refractivity contribution in [3.05, 3.63) is 60.7 Å². The third-order valence-electron chi connectivity index (χ3n) is 2.56. The van der Waals surface area contributed by atoms with Crippen LogP contribution in [0.1, 0.15) is 6.92 Å². The van der Waals surface area contributed by atoms with Crippen LogP contribution in [0.15, 0.2) is 60.7 Å². The summed E-state index contributed by atoms with van der Waals surface area (Å²) in [5, 5.41) is 3.37. The molecule has 2 aromatic carbocycles. The van der Waals surface area contributed by atoms with Gasteiger partial charge in [0, 0.05) is 5.69 Å². The van der Waals surface area contributed by atoms with E-state index >= 15 is 0 Å². The molecule has 0 bridgehead atoms. The van der Waals surface area contributed by atoms with Crippen LogP contribution in [0.3, 0.4) is 0 Å². The molecule has 0 spiro atoms. The molecule has 0 amide bonds. The van der Waals surface area contributed by atoms with Crippen molar-refractivity contribution in [1.29, 1.82) is 0 Å². The number of rotatable bonds is 5. The van der Waals surface area contributed by atoms with Crippen LogP contribution in [0, 0.1) is 0 Å². The number of para-hydroxylation sites is 2. The molecule has 0 heterocycles. The van der Waals surface area contributed by atoms with E-state index in [9.17, 15) is 0 Å². The van der Waals surface area contributed by atoms with Gasteiger partial charge >= 0.3 is 0 Å². The van der Waals surface area contributed by atoms with E-state index in [1.54, 1.807) is 0 Å². The molecule has 0 fully saturated rings. The molecule has 2 rings (SSSR count). The Morgan fingerprint density at radius 3 is 2.30 bits per heavy atom. The van der Waals surface area contributed by atoms with Gasteiger partial charge in [-0.25, -0.2) is 0 Å². The van der Waals surface area contributed by atoms with E-state index in [1.807, 2.05) is 67.6 Å². The molecule has 104 valence electrons. The van der Waals surface area contributed by atoms with Gasteiger partial charge < -0.3 is 14.8 Å². The Hall–Kier alpha value is -2.07. The summed E-state index contributed by atoms with van der Waals surface area (Å²) in [7, 11) is 0. The van der Waals surface area contributed by atoms with Crippen LogP contribution in [0.2, 0.25) is 0 Å². The first-order chi connectivity index (χ1) is 9.74. The van der Waals surface area contributed by atoms with Crippen LogP contribution >= 0.6 is 12.2 Å². The van der Waals surface area contributed by atoms with Crippen molar-refractivity contribution in [3.8, 4) is 5.75 Å². The maximum absolute atomic E-state index is 5.61. The van der Waals surface area contributed by atoms with Gasteiger partial charge in [-0.2, -0.15) is 0 Å². The van der Waals surface area contributed by atoms with Gasteiger partial charge in [0.25, 0.3) is 5.17 Å². The SMILES string of the molecule is CC(COc1ccccc1)OC(=S)Nc1ccccc1. The van der Waals surface area contributed by atoms with Crippen LogP contribution < -0.4 is 10.1 Å². The van der Waals surface area contributed by atoms with E-state index in [0.29, 0.717) is 11.8 Å². The highest BCUT2D eigenvalue weighted by Gasteiger charge is 2.07. The predicted octanol–water partition coefficient (Wildman–Crippen LogP) is 3.87. The van der Waals surface area contributed by atoms with Crippen molar-refractivity contribution in [2.45, 2.75) is 13.0 Å². The molecule has 0 aromatic heterocycles. The molecule has 1 unspecified atom stereocenters. The van der Waals surface area contributed by atoms with E-state index in [4.69, 9.17) is 21.7 Å². The van der Waals surface area contributed by atoms with Crippen LogP contribution in [0.25, 0.3) is 0 Å². The highest BCUT2D eigenvalue weighted by molar-refractivity contribution is 7.80. The second-order valence-electron chi connectivity index (χ2n) is 4.33. The lowest BCUT2D eigenvalue weighted by molar-refractivity contribution is 0.136. The molecular formula is C16H17NO2S. The van der Waals surface area contributed by atoms with E-state index in [2.05, 4.69) is 5.32 Å². The Kier molecular flexibility index (Phi) is 5.38. The average molecular weight is 287 g/mol. The number of hydrogen-bond donors (Lipinski definition) is 1. The van der Waals surface area contributed by atoms with Gasteiger partial charge in [0.15, 0.2) is 0 Å². The lowest BCUT2D eigenvalue weighted by atomic mass is 10.3. The molecule has 0 aliphatic rings. The first kappa shape index (κ1) is 14.3. The largest absolute Gasteiger partial charge is 0.490 e. The predicted molar refractivity (Wildman–Crippen MR) is 85.1 cm³/mol. The van der Waals surface area contributed by atoms with Crippen LogP contribution in [-0.2, 0) is 4.74 Å². The lowest BCUT2D eigenvalue weighted by Crippen LogP contribution is -2.24. The Morgan fingerprint density at radius 2 is 1.65 bits per heavy atom. The summed E-state index contributed by atoms with van der Waals surface area (Å²) in [6.07, 6.45) is -0.126. The summed E-state index contributed by atoms with van der Waals surface area (Å²) in [6.45, 7) is 2.36. The maximum atomic E-state index is 5.61. The molecule has 2 aromatic rings. The van der Waals surface area contributed by atoms with Gasteiger partial charge in [0.1, 0.15) is 18.5 Å². The Morgan fingerprint density at radius 1 is 1.05 bits per heavy atom. The van der Waals surface area contributed by atoms with Crippen LogP contribution in [0.4, 0.5) is 5.69 Å². The zero-order valence-corrected chi connectivity index (χ0v) is 12.1. The molecule has 1 atom stereocenters. The first-order valence-electron chi connectivity index (χ1n) is 6.44. The third-order valence-corrected chi connectivity index (χ3v) is 2.75. The fourth-order valence-electron chi connectivity index (χ4n) is 1.62. The first-order valence-corrected chi connectivity index (χ1v) is 6.85. The molecule has 0 saturated carbocycles. The van der Waals surface area contributed by atoms with Crippen LogP contribution in [0.5, 0.6) is 5.75 Å². The molecule has 0 aliphatic heterocycles. The zero-order chi connectivity index (χ0) is 14.2. The molecule has 0 aliphatic carbocycles. The van der Waals surface area contributed by atoms with E-state index < -0.39 is 0 Å². The average Bonchev–Trinajstić information content (AvgIpc) is 2.47. The van der Waals surface area contributed by atoms with Crippen molar-refractivity contribution < 1.29 is 9.47 Å². The number of hydrogen-bond acceptors (Lipinski definition) is 3. The van der Waals surface area contributed by atoms with Gasteiger partial charge in [-0.15, -0.1) is 0 Å². The number of nitrogens with one attached hydrogen (secondary N) is 1. The number of anilines is 1. The monoisotopic (exact) mass is 287 g/mol. The fourth-order valence-corrected chi connectivity index (χ4v) is 1.90. The molecular weight excluding hydrogens is 270 g/mol. The van der Waals surface area contributed by atoms with Gasteiger partial charge in [-0.3, -0.25) is 0 Å². The van der Waals surface area contributed by atoms with E-state index in [0.717, 1.165) is 11.4 Å². The second-order valence-corrected chi connectivity index (χ2v) is 4.70. The van der Waals surface area contributed by atoms with Gasteiger partial charge in [0.2, 0.25) is 0 Å². The summed E-state index contributed by atoms with van der Waals surface area (Å²) in [6, 6.07) is 19.3. The lowest BCUT2D eigenvalue weighted by Gasteiger charge is -2.16. The highest BCUT2D eigenvalue weighted by atomic mass is 32.1. The molecule has 3 nitrogen and oxygen atoms in total.